The van der Waals surface area contributed by atoms with E-state index < -0.39 is 0 Å². The molecule has 3 heteroatoms. The van der Waals surface area contributed by atoms with E-state index in [1.54, 1.807) is 16.9 Å². The SMILES string of the molecule is Br.Br.[AsH2]c1ccccc1. The third kappa shape index (κ3) is 5.20. The van der Waals surface area contributed by atoms with E-state index in [-0.39, 0.29) is 34.0 Å². The molecule has 1 rings (SSSR count). The van der Waals surface area contributed by atoms with Crippen LogP contribution in [0.5, 0.6) is 0 Å². The molecule has 0 aromatic heterocycles. The van der Waals surface area contributed by atoms with Gasteiger partial charge in [-0.25, -0.2) is 0 Å². The number of halogens is 2. The molecule has 0 heterocycles. The Bertz CT molecular complexity index is 141. The molecule has 0 nitrogen and oxygen atoms in total. The first-order valence-corrected chi connectivity index (χ1v) is 3.41. The quantitative estimate of drug-likeness (QED) is 0.629. The monoisotopic (exact) mass is 314 g/mol. The minimum absolute atomic E-state index is 0. The van der Waals surface area contributed by atoms with Crippen LogP contribution in [0.25, 0.3) is 0 Å². The first kappa shape index (κ1) is 12.4. The Labute approximate surface area is 85.1 Å². The van der Waals surface area contributed by atoms with Crippen LogP contribution in [0.2, 0.25) is 0 Å². The number of hydrogen-bond acceptors (Lipinski definition) is 0. The van der Waals surface area contributed by atoms with Crippen LogP contribution in [-0.4, -0.2) is 16.9 Å². The Morgan fingerprint density at radius 2 is 1.33 bits per heavy atom. The number of rotatable bonds is 0. The van der Waals surface area contributed by atoms with Crippen molar-refractivity contribution < 1.29 is 0 Å². The summed E-state index contributed by atoms with van der Waals surface area (Å²) >= 11 is 1.67. The average Bonchev–Trinajstić information content (AvgIpc) is 1.69. The topological polar surface area (TPSA) is 0 Å². The standard InChI is InChI=1S/C6H7As.2BrH/c7-6-4-2-1-3-5-6;;/h1-5H,7H2;2*1H. The van der Waals surface area contributed by atoms with Gasteiger partial charge in [-0.1, -0.05) is 0 Å². The second-order valence-corrected chi connectivity index (χ2v) is 2.81. The molecule has 0 spiro atoms. The van der Waals surface area contributed by atoms with Gasteiger partial charge in [0, 0.05) is 0 Å². The van der Waals surface area contributed by atoms with E-state index in [4.69, 9.17) is 0 Å². The van der Waals surface area contributed by atoms with Crippen LogP contribution >= 0.6 is 34.0 Å². The summed E-state index contributed by atoms with van der Waals surface area (Å²) in [6, 6.07) is 10.4. The Morgan fingerprint density at radius 3 is 1.56 bits per heavy atom. The fraction of sp³-hybridized carbons (Fsp3) is 0. The van der Waals surface area contributed by atoms with Crippen molar-refractivity contribution in [2.45, 2.75) is 0 Å². The zero-order valence-corrected chi connectivity index (χ0v) is 10.6. The number of hydrogen-bond donors (Lipinski definition) is 0. The molecule has 1 atom stereocenters. The fourth-order valence-corrected chi connectivity index (χ4v) is 0.919. The van der Waals surface area contributed by atoms with Crippen LogP contribution in [-0.2, 0) is 0 Å². The second-order valence-electron chi connectivity index (χ2n) is 1.41. The van der Waals surface area contributed by atoms with Crippen molar-refractivity contribution in [2.24, 2.45) is 0 Å². The van der Waals surface area contributed by atoms with Crippen LogP contribution in [0.3, 0.4) is 0 Å². The molecule has 9 heavy (non-hydrogen) atoms. The third-order valence-corrected chi connectivity index (χ3v) is 1.61. The predicted octanol–water partition coefficient (Wildman–Crippen LogP) is 1.10. The van der Waals surface area contributed by atoms with E-state index >= 15 is 0 Å². The molecule has 0 aliphatic rings. The van der Waals surface area contributed by atoms with Gasteiger partial charge in [0.15, 0.2) is 0 Å². The molecule has 0 aliphatic heterocycles. The van der Waals surface area contributed by atoms with Crippen LogP contribution in [0, 0.1) is 0 Å². The predicted molar refractivity (Wildman–Crippen MR) is 55.3 cm³/mol. The Kier molecular flexibility index (Phi) is 9.46. The molecule has 52 valence electrons. The Morgan fingerprint density at radius 1 is 0.889 bits per heavy atom. The van der Waals surface area contributed by atoms with Gasteiger partial charge in [0.25, 0.3) is 0 Å². The molecule has 1 aromatic rings. The molecule has 0 radical (unpaired) electrons. The zero-order chi connectivity index (χ0) is 5.11. The first-order valence-electron chi connectivity index (χ1n) is 2.20. The van der Waals surface area contributed by atoms with E-state index in [0.29, 0.717) is 0 Å². The Balaban J connectivity index is 0. The molecule has 0 saturated heterocycles. The summed E-state index contributed by atoms with van der Waals surface area (Å²) < 4.78 is 1.38. The zero-order valence-electron chi connectivity index (χ0n) is 4.78. The van der Waals surface area contributed by atoms with E-state index in [0.717, 1.165) is 0 Å². The van der Waals surface area contributed by atoms with Crippen molar-refractivity contribution in [1.82, 2.24) is 0 Å². The average molecular weight is 316 g/mol. The second kappa shape index (κ2) is 6.85. The van der Waals surface area contributed by atoms with Crippen molar-refractivity contribution in [3.8, 4) is 0 Å². The third-order valence-electron chi connectivity index (χ3n) is 0.800. The van der Waals surface area contributed by atoms with E-state index in [1.165, 1.54) is 4.35 Å². The van der Waals surface area contributed by atoms with Gasteiger partial charge in [0.2, 0.25) is 0 Å². The summed E-state index contributed by atoms with van der Waals surface area (Å²) in [5.41, 5.74) is 0. The van der Waals surface area contributed by atoms with Gasteiger partial charge in [-0.15, -0.1) is 34.0 Å². The molecule has 0 saturated carbocycles. The fourth-order valence-electron chi connectivity index (χ4n) is 0.453. The maximum atomic E-state index is 2.11. The van der Waals surface area contributed by atoms with Gasteiger partial charge in [-0.2, -0.15) is 0 Å². The molecule has 1 unspecified atom stereocenters. The summed E-state index contributed by atoms with van der Waals surface area (Å²) in [5.74, 6) is 0. The van der Waals surface area contributed by atoms with Gasteiger partial charge in [0.1, 0.15) is 0 Å². The maximum absolute atomic E-state index is 2.11. The van der Waals surface area contributed by atoms with Crippen molar-refractivity contribution >= 4 is 55.2 Å². The first-order chi connectivity index (χ1) is 3.39. The summed E-state index contributed by atoms with van der Waals surface area (Å²) in [6.07, 6.45) is 0. The summed E-state index contributed by atoms with van der Waals surface area (Å²) in [5, 5.41) is 0. The molecule has 1 aromatic carbocycles. The van der Waals surface area contributed by atoms with Crippen molar-refractivity contribution in [3.63, 3.8) is 0 Å². The molecule has 0 bridgehead atoms. The minimum atomic E-state index is 0. The normalized spacial score (nSPS) is 6.78. The summed E-state index contributed by atoms with van der Waals surface area (Å²) in [4.78, 5) is 0. The van der Waals surface area contributed by atoms with Gasteiger partial charge < -0.3 is 0 Å². The summed E-state index contributed by atoms with van der Waals surface area (Å²) in [7, 11) is 0. The van der Waals surface area contributed by atoms with E-state index in [2.05, 4.69) is 24.3 Å². The molecule has 0 N–H and O–H groups in total. The molecular formula is C6H9AsBr2. The van der Waals surface area contributed by atoms with Gasteiger partial charge in [-0.3, -0.25) is 0 Å². The van der Waals surface area contributed by atoms with Crippen molar-refractivity contribution in [1.29, 1.82) is 0 Å². The van der Waals surface area contributed by atoms with Crippen LogP contribution in [0.4, 0.5) is 0 Å². The van der Waals surface area contributed by atoms with Crippen molar-refractivity contribution in [3.05, 3.63) is 30.3 Å². The van der Waals surface area contributed by atoms with E-state index in [1.807, 2.05) is 6.07 Å². The van der Waals surface area contributed by atoms with Gasteiger partial charge in [-0.05, 0) is 0 Å². The number of benzene rings is 1. The van der Waals surface area contributed by atoms with Crippen LogP contribution in [0.15, 0.2) is 30.3 Å². The summed E-state index contributed by atoms with van der Waals surface area (Å²) in [6.45, 7) is 0. The van der Waals surface area contributed by atoms with Gasteiger partial charge in [0.05, 0.1) is 0 Å². The van der Waals surface area contributed by atoms with Crippen LogP contribution in [0.1, 0.15) is 0 Å². The van der Waals surface area contributed by atoms with Crippen molar-refractivity contribution in [2.75, 3.05) is 0 Å². The molecular weight excluding hydrogens is 307 g/mol. The molecule has 0 aliphatic carbocycles. The van der Waals surface area contributed by atoms with E-state index in [9.17, 15) is 0 Å². The Hall–Kier alpha value is 0.738. The van der Waals surface area contributed by atoms with Gasteiger partial charge >= 0.3 is 51.5 Å². The van der Waals surface area contributed by atoms with Crippen LogP contribution < -0.4 is 4.35 Å². The molecule has 0 amide bonds. The molecule has 0 fully saturated rings.